The summed E-state index contributed by atoms with van der Waals surface area (Å²) < 4.78 is 31.5. The summed E-state index contributed by atoms with van der Waals surface area (Å²) in [5, 5.41) is 0. The Hall–Kier alpha value is -2.12. The van der Waals surface area contributed by atoms with Crippen LogP contribution in [0.4, 0.5) is 0 Å². The highest BCUT2D eigenvalue weighted by molar-refractivity contribution is 7.89. The average molecular weight is 362 g/mol. The number of aryl methyl sites for hydroxylation is 1. The molecule has 1 fully saturated rings. The monoisotopic (exact) mass is 362 g/mol. The van der Waals surface area contributed by atoms with Gasteiger partial charge in [-0.2, -0.15) is 0 Å². The Labute approximate surface area is 148 Å². The first-order valence-corrected chi connectivity index (χ1v) is 9.60. The SMILES string of the molecule is Cc1ccc(C(=O)N2CCC(c3ccco3)C2)cc1S(=O)(=O)N(C)C. The molecular formula is C18H22N2O4S. The van der Waals surface area contributed by atoms with Crippen molar-refractivity contribution >= 4 is 15.9 Å². The Morgan fingerprint density at radius 2 is 2.04 bits per heavy atom. The lowest BCUT2D eigenvalue weighted by Gasteiger charge is -2.18. The summed E-state index contributed by atoms with van der Waals surface area (Å²) in [7, 11) is -0.618. The van der Waals surface area contributed by atoms with Crippen LogP contribution in [0.15, 0.2) is 45.9 Å². The molecule has 3 rings (SSSR count). The maximum Gasteiger partial charge on any atom is 0.253 e. The minimum absolute atomic E-state index is 0.149. The molecule has 1 atom stereocenters. The lowest BCUT2D eigenvalue weighted by molar-refractivity contribution is 0.0790. The van der Waals surface area contributed by atoms with Crippen molar-refractivity contribution < 1.29 is 17.6 Å². The maximum absolute atomic E-state index is 12.8. The number of sulfonamides is 1. The van der Waals surface area contributed by atoms with Gasteiger partial charge >= 0.3 is 0 Å². The molecule has 0 N–H and O–H groups in total. The molecule has 0 aliphatic carbocycles. The van der Waals surface area contributed by atoms with Crippen LogP contribution < -0.4 is 0 Å². The molecule has 1 aliphatic heterocycles. The Morgan fingerprint density at radius 1 is 1.28 bits per heavy atom. The molecule has 0 spiro atoms. The normalized spacial score (nSPS) is 18.1. The number of carbonyl (C=O) groups excluding carboxylic acids is 1. The Balaban J connectivity index is 1.84. The van der Waals surface area contributed by atoms with E-state index in [-0.39, 0.29) is 16.7 Å². The van der Waals surface area contributed by atoms with Gasteiger partial charge in [-0.1, -0.05) is 6.07 Å². The summed E-state index contributed by atoms with van der Waals surface area (Å²) in [6.07, 6.45) is 2.48. The number of nitrogens with zero attached hydrogens (tertiary/aromatic N) is 2. The molecule has 0 saturated carbocycles. The summed E-state index contributed by atoms with van der Waals surface area (Å²) in [4.78, 5) is 14.7. The van der Waals surface area contributed by atoms with Gasteiger partial charge in [0.2, 0.25) is 10.0 Å². The van der Waals surface area contributed by atoms with E-state index < -0.39 is 10.0 Å². The molecule has 6 nitrogen and oxygen atoms in total. The van der Waals surface area contributed by atoms with Gasteiger partial charge in [0.25, 0.3) is 5.91 Å². The lowest BCUT2D eigenvalue weighted by atomic mass is 10.1. The largest absolute Gasteiger partial charge is 0.469 e. The van der Waals surface area contributed by atoms with Crippen molar-refractivity contribution in [2.24, 2.45) is 0 Å². The smallest absolute Gasteiger partial charge is 0.253 e. The number of furan rings is 1. The molecule has 0 radical (unpaired) electrons. The molecule has 0 bridgehead atoms. The van der Waals surface area contributed by atoms with E-state index in [1.165, 1.54) is 20.2 Å². The van der Waals surface area contributed by atoms with Crippen LogP contribution in [0, 0.1) is 6.92 Å². The van der Waals surface area contributed by atoms with Crippen LogP contribution in [0.25, 0.3) is 0 Å². The van der Waals surface area contributed by atoms with E-state index in [1.54, 1.807) is 30.2 Å². The zero-order valence-electron chi connectivity index (χ0n) is 14.6. The second-order valence-electron chi connectivity index (χ2n) is 6.52. The van der Waals surface area contributed by atoms with Gasteiger partial charge in [0.15, 0.2) is 0 Å². The van der Waals surface area contributed by atoms with E-state index in [2.05, 4.69) is 0 Å². The van der Waals surface area contributed by atoms with Crippen LogP contribution in [-0.2, 0) is 10.0 Å². The number of likely N-dealkylation sites (tertiary alicyclic amines) is 1. The lowest BCUT2D eigenvalue weighted by Crippen LogP contribution is -2.29. The van der Waals surface area contributed by atoms with Gasteiger partial charge in [0.1, 0.15) is 5.76 Å². The van der Waals surface area contributed by atoms with Crippen LogP contribution in [0.3, 0.4) is 0 Å². The molecule has 2 heterocycles. The number of benzene rings is 1. The summed E-state index contributed by atoms with van der Waals surface area (Å²) in [5.41, 5.74) is 1.02. The zero-order valence-corrected chi connectivity index (χ0v) is 15.4. The third kappa shape index (κ3) is 3.34. The molecule has 25 heavy (non-hydrogen) atoms. The van der Waals surface area contributed by atoms with Crippen LogP contribution in [0.2, 0.25) is 0 Å². The van der Waals surface area contributed by atoms with Crippen molar-refractivity contribution in [3.8, 4) is 0 Å². The third-order valence-corrected chi connectivity index (χ3v) is 6.57. The molecule has 134 valence electrons. The van der Waals surface area contributed by atoms with E-state index >= 15 is 0 Å². The molecule has 7 heteroatoms. The Kier molecular flexibility index (Phi) is 4.71. The number of rotatable bonds is 4. The third-order valence-electron chi connectivity index (χ3n) is 4.61. The average Bonchev–Trinajstić information content (AvgIpc) is 3.25. The number of amides is 1. The standard InChI is InChI=1S/C18H22N2O4S/c1-13-6-7-14(11-17(13)25(22,23)19(2)3)18(21)20-9-8-15(12-20)16-5-4-10-24-16/h4-7,10-11,15H,8-9,12H2,1-3H3. The zero-order chi connectivity index (χ0) is 18.2. The van der Waals surface area contributed by atoms with Crippen molar-refractivity contribution in [2.75, 3.05) is 27.2 Å². The van der Waals surface area contributed by atoms with Crippen molar-refractivity contribution in [2.45, 2.75) is 24.2 Å². The number of carbonyl (C=O) groups is 1. The highest BCUT2D eigenvalue weighted by atomic mass is 32.2. The quantitative estimate of drug-likeness (QED) is 0.838. The first kappa shape index (κ1) is 17.7. The molecular weight excluding hydrogens is 340 g/mol. The molecule has 1 saturated heterocycles. The van der Waals surface area contributed by atoms with E-state index in [1.807, 2.05) is 12.1 Å². The van der Waals surface area contributed by atoms with Crippen molar-refractivity contribution in [1.29, 1.82) is 0 Å². The van der Waals surface area contributed by atoms with Gasteiger partial charge in [0.05, 0.1) is 11.2 Å². The van der Waals surface area contributed by atoms with Crippen LogP contribution >= 0.6 is 0 Å². The van der Waals surface area contributed by atoms with Gasteiger partial charge in [-0.25, -0.2) is 12.7 Å². The minimum atomic E-state index is -3.59. The first-order valence-electron chi connectivity index (χ1n) is 8.16. The van der Waals surface area contributed by atoms with Crippen molar-refractivity contribution in [3.05, 3.63) is 53.5 Å². The second kappa shape index (κ2) is 6.65. The summed E-state index contributed by atoms with van der Waals surface area (Å²) >= 11 is 0. The molecule has 1 aliphatic rings. The summed E-state index contributed by atoms with van der Waals surface area (Å²) in [6, 6.07) is 8.62. The van der Waals surface area contributed by atoms with Gasteiger partial charge < -0.3 is 9.32 Å². The van der Waals surface area contributed by atoms with Crippen molar-refractivity contribution in [3.63, 3.8) is 0 Å². The van der Waals surface area contributed by atoms with E-state index in [0.717, 1.165) is 16.5 Å². The van der Waals surface area contributed by atoms with Crippen LogP contribution in [-0.4, -0.2) is 50.7 Å². The minimum Gasteiger partial charge on any atom is -0.469 e. The second-order valence-corrected chi connectivity index (χ2v) is 8.64. The van der Waals surface area contributed by atoms with Gasteiger partial charge in [-0.3, -0.25) is 4.79 Å². The van der Waals surface area contributed by atoms with E-state index in [4.69, 9.17) is 4.42 Å². The molecule has 1 aromatic heterocycles. The van der Waals surface area contributed by atoms with Gasteiger partial charge in [-0.05, 0) is 43.2 Å². The number of hydrogen-bond donors (Lipinski definition) is 0. The topological polar surface area (TPSA) is 70.8 Å². The fourth-order valence-corrected chi connectivity index (χ4v) is 4.24. The predicted octanol–water partition coefficient (Wildman–Crippen LogP) is 2.47. The molecule has 1 aromatic carbocycles. The fourth-order valence-electron chi connectivity index (χ4n) is 3.09. The van der Waals surface area contributed by atoms with E-state index in [9.17, 15) is 13.2 Å². The van der Waals surface area contributed by atoms with Gasteiger partial charge in [-0.15, -0.1) is 0 Å². The Bertz CT molecular complexity index is 872. The van der Waals surface area contributed by atoms with Crippen molar-refractivity contribution in [1.82, 2.24) is 9.21 Å². The summed E-state index contributed by atoms with van der Waals surface area (Å²) in [6.45, 7) is 2.94. The molecule has 2 aromatic rings. The highest BCUT2D eigenvalue weighted by Gasteiger charge is 2.30. The van der Waals surface area contributed by atoms with Gasteiger partial charge in [0, 0.05) is 38.7 Å². The van der Waals surface area contributed by atoms with Crippen LogP contribution in [0.5, 0.6) is 0 Å². The van der Waals surface area contributed by atoms with E-state index in [0.29, 0.717) is 24.2 Å². The summed E-state index contributed by atoms with van der Waals surface area (Å²) in [5.74, 6) is 0.925. The molecule has 1 amide bonds. The number of hydrogen-bond acceptors (Lipinski definition) is 4. The molecule has 1 unspecified atom stereocenters. The maximum atomic E-state index is 12.8. The first-order chi connectivity index (χ1) is 11.8. The van der Waals surface area contributed by atoms with Crippen LogP contribution in [0.1, 0.15) is 34.0 Å². The highest BCUT2D eigenvalue weighted by Crippen LogP contribution is 2.29. The Morgan fingerprint density at radius 3 is 2.68 bits per heavy atom. The predicted molar refractivity (Wildman–Crippen MR) is 94.0 cm³/mol. The fraction of sp³-hybridized carbons (Fsp3) is 0.389.